The van der Waals surface area contributed by atoms with Gasteiger partial charge in [-0.3, -0.25) is 4.90 Å². The molecule has 0 aromatic rings. The zero-order valence-corrected chi connectivity index (χ0v) is 10.1. The second kappa shape index (κ2) is 5.48. The van der Waals surface area contributed by atoms with Crippen LogP contribution >= 0.6 is 11.6 Å². The Hall–Kier alpha value is 0.170. The van der Waals surface area contributed by atoms with Gasteiger partial charge < -0.3 is 9.47 Å². The van der Waals surface area contributed by atoms with Crippen molar-refractivity contribution in [3.63, 3.8) is 0 Å². The van der Waals surface area contributed by atoms with Gasteiger partial charge in [0.25, 0.3) is 0 Å². The fraction of sp³-hybridized carbons (Fsp3) is 1.00. The van der Waals surface area contributed by atoms with Crippen LogP contribution in [0.1, 0.15) is 19.8 Å². The van der Waals surface area contributed by atoms with Crippen molar-refractivity contribution in [3.8, 4) is 0 Å². The molecule has 4 heteroatoms. The maximum absolute atomic E-state index is 5.82. The first kappa shape index (κ1) is 11.6. The summed E-state index contributed by atoms with van der Waals surface area (Å²) in [6.07, 6.45) is 3.48. The average molecular weight is 234 g/mol. The van der Waals surface area contributed by atoms with E-state index < -0.39 is 0 Å². The maximum Gasteiger partial charge on any atom is 0.0837 e. The van der Waals surface area contributed by atoms with Gasteiger partial charge in [-0.15, -0.1) is 11.6 Å². The van der Waals surface area contributed by atoms with E-state index in [1.807, 2.05) is 0 Å². The second-order valence-corrected chi connectivity index (χ2v) is 4.86. The van der Waals surface area contributed by atoms with Crippen LogP contribution in [-0.4, -0.2) is 55.3 Å². The molecule has 15 heavy (non-hydrogen) atoms. The zero-order chi connectivity index (χ0) is 10.7. The largest absolute Gasteiger partial charge is 0.374 e. The Morgan fingerprint density at radius 1 is 1.33 bits per heavy atom. The minimum absolute atomic E-state index is 0.208. The van der Waals surface area contributed by atoms with E-state index in [9.17, 15) is 0 Å². The average Bonchev–Trinajstić information content (AvgIpc) is 2.64. The van der Waals surface area contributed by atoms with Crippen molar-refractivity contribution < 1.29 is 9.47 Å². The Kier molecular flexibility index (Phi) is 4.26. The van der Waals surface area contributed by atoms with E-state index in [1.165, 1.54) is 12.8 Å². The molecule has 0 saturated carbocycles. The highest BCUT2D eigenvalue weighted by Crippen LogP contribution is 2.20. The number of alkyl halides is 1. The third kappa shape index (κ3) is 3.31. The quantitative estimate of drug-likeness (QED) is 0.690. The van der Waals surface area contributed by atoms with Crippen LogP contribution in [-0.2, 0) is 9.47 Å². The molecule has 0 aromatic heterocycles. The van der Waals surface area contributed by atoms with Gasteiger partial charge in [0.15, 0.2) is 0 Å². The summed E-state index contributed by atoms with van der Waals surface area (Å²) in [6, 6.07) is 0. The summed E-state index contributed by atoms with van der Waals surface area (Å²) in [5, 5.41) is 0. The smallest absolute Gasteiger partial charge is 0.0837 e. The van der Waals surface area contributed by atoms with E-state index in [-0.39, 0.29) is 6.10 Å². The Labute approximate surface area is 96.7 Å². The molecule has 0 N–H and O–H groups in total. The molecule has 0 amide bonds. The van der Waals surface area contributed by atoms with Gasteiger partial charge in [0, 0.05) is 25.5 Å². The summed E-state index contributed by atoms with van der Waals surface area (Å²) in [5.41, 5.74) is 0. The lowest BCUT2D eigenvalue weighted by atomic mass is 10.2. The molecule has 3 unspecified atom stereocenters. The van der Waals surface area contributed by atoms with Crippen LogP contribution in [0, 0.1) is 0 Å². The first-order chi connectivity index (χ1) is 7.28. The van der Waals surface area contributed by atoms with Crippen molar-refractivity contribution in [1.82, 2.24) is 4.90 Å². The number of nitrogens with zero attached hydrogens (tertiary/aromatic N) is 1. The van der Waals surface area contributed by atoms with E-state index in [0.717, 1.165) is 26.2 Å². The second-order valence-electron chi connectivity index (χ2n) is 4.55. The van der Waals surface area contributed by atoms with Crippen molar-refractivity contribution in [1.29, 1.82) is 0 Å². The maximum atomic E-state index is 5.82. The fourth-order valence-electron chi connectivity index (χ4n) is 2.35. The van der Waals surface area contributed by atoms with Gasteiger partial charge >= 0.3 is 0 Å². The number of hydrogen-bond acceptors (Lipinski definition) is 3. The minimum atomic E-state index is 0.208. The molecule has 88 valence electrons. The monoisotopic (exact) mass is 233 g/mol. The van der Waals surface area contributed by atoms with Crippen LogP contribution in [0.2, 0.25) is 0 Å². The Morgan fingerprint density at radius 3 is 2.87 bits per heavy atom. The van der Waals surface area contributed by atoms with Crippen LogP contribution < -0.4 is 0 Å². The van der Waals surface area contributed by atoms with Gasteiger partial charge in [-0.2, -0.15) is 0 Å². The standard InChI is InChI=1S/C11H20ClNO2/c1-9-2-3-10(15-9)7-13-4-5-14-11(6-12)8-13/h9-11H,2-8H2,1H3. The number of rotatable bonds is 3. The summed E-state index contributed by atoms with van der Waals surface area (Å²) in [5.74, 6) is 0.596. The minimum Gasteiger partial charge on any atom is -0.374 e. The topological polar surface area (TPSA) is 21.7 Å². The van der Waals surface area contributed by atoms with Crippen molar-refractivity contribution in [2.24, 2.45) is 0 Å². The normalized spacial score (nSPS) is 38.4. The molecule has 2 saturated heterocycles. The molecule has 0 radical (unpaired) electrons. The number of ether oxygens (including phenoxy) is 2. The van der Waals surface area contributed by atoms with Crippen molar-refractivity contribution in [3.05, 3.63) is 0 Å². The van der Waals surface area contributed by atoms with E-state index in [2.05, 4.69) is 11.8 Å². The lowest BCUT2D eigenvalue weighted by molar-refractivity contribution is -0.0395. The van der Waals surface area contributed by atoms with Crippen molar-refractivity contribution >= 4 is 11.6 Å². The molecule has 2 fully saturated rings. The third-order valence-corrected chi connectivity index (χ3v) is 3.52. The van der Waals surface area contributed by atoms with Crippen LogP contribution in [0.25, 0.3) is 0 Å². The van der Waals surface area contributed by atoms with Gasteiger partial charge in [-0.05, 0) is 19.8 Å². The highest BCUT2D eigenvalue weighted by atomic mass is 35.5. The van der Waals surface area contributed by atoms with E-state index in [1.54, 1.807) is 0 Å². The van der Waals surface area contributed by atoms with Crippen LogP contribution in [0.5, 0.6) is 0 Å². The fourth-order valence-corrected chi connectivity index (χ4v) is 2.53. The van der Waals surface area contributed by atoms with Crippen LogP contribution in [0.3, 0.4) is 0 Å². The predicted octanol–water partition coefficient (Wildman–Crippen LogP) is 1.49. The van der Waals surface area contributed by atoms with E-state index in [0.29, 0.717) is 18.1 Å². The molecule has 2 aliphatic heterocycles. The summed E-state index contributed by atoms with van der Waals surface area (Å²) in [4.78, 5) is 2.42. The SMILES string of the molecule is CC1CCC(CN2CCOC(CCl)C2)O1. The molecule has 0 aromatic carbocycles. The lowest BCUT2D eigenvalue weighted by Crippen LogP contribution is -2.46. The van der Waals surface area contributed by atoms with Crippen molar-refractivity contribution in [2.75, 3.05) is 32.1 Å². The molecule has 2 rings (SSSR count). The predicted molar refractivity (Wildman–Crippen MR) is 60.5 cm³/mol. The first-order valence-corrected chi connectivity index (χ1v) is 6.36. The Balaban J connectivity index is 1.74. The van der Waals surface area contributed by atoms with E-state index >= 15 is 0 Å². The van der Waals surface area contributed by atoms with Gasteiger partial charge in [0.05, 0.1) is 24.9 Å². The number of morpholine rings is 1. The van der Waals surface area contributed by atoms with Gasteiger partial charge in [0.2, 0.25) is 0 Å². The van der Waals surface area contributed by atoms with Gasteiger partial charge in [-0.25, -0.2) is 0 Å². The molecule has 2 heterocycles. The Bertz CT molecular complexity index is 203. The third-order valence-electron chi connectivity index (χ3n) is 3.18. The molecule has 3 nitrogen and oxygen atoms in total. The molecule has 3 atom stereocenters. The van der Waals surface area contributed by atoms with Gasteiger partial charge in [0.1, 0.15) is 0 Å². The highest BCUT2D eigenvalue weighted by Gasteiger charge is 2.26. The van der Waals surface area contributed by atoms with Crippen molar-refractivity contribution in [2.45, 2.75) is 38.1 Å². The first-order valence-electron chi connectivity index (χ1n) is 5.83. The van der Waals surface area contributed by atoms with E-state index in [4.69, 9.17) is 21.1 Å². The molecular formula is C11H20ClNO2. The molecule has 2 aliphatic rings. The van der Waals surface area contributed by atoms with Gasteiger partial charge in [-0.1, -0.05) is 0 Å². The molecule has 0 bridgehead atoms. The summed E-state index contributed by atoms with van der Waals surface area (Å²) >= 11 is 5.80. The highest BCUT2D eigenvalue weighted by molar-refractivity contribution is 6.18. The zero-order valence-electron chi connectivity index (χ0n) is 9.32. The number of halogens is 1. The molecule has 0 aliphatic carbocycles. The molecular weight excluding hydrogens is 214 g/mol. The lowest BCUT2D eigenvalue weighted by Gasteiger charge is -2.33. The number of hydrogen-bond donors (Lipinski definition) is 0. The Morgan fingerprint density at radius 2 is 2.20 bits per heavy atom. The summed E-state index contributed by atoms with van der Waals surface area (Å²) in [7, 11) is 0. The molecule has 0 spiro atoms. The van der Waals surface area contributed by atoms with Crippen LogP contribution in [0.4, 0.5) is 0 Å². The summed E-state index contributed by atoms with van der Waals surface area (Å²) in [6.45, 7) is 5.97. The van der Waals surface area contributed by atoms with Crippen LogP contribution in [0.15, 0.2) is 0 Å². The summed E-state index contributed by atoms with van der Waals surface area (Å²) < 4.78 is 11.3.